The quantitative estimate of drug-likeness (QED) is 0.831. The first-order chi connectivity index (χ1) is 9.13. The van der Waals surface area contributed by atoms with Crippen LogP contribution < -0.4 is 10.1 Å². The zero-order valence-electron chi connectivity index (χ0n) is 11.2. The fourth-order valence-electron chi connectivity index (χ4n) is 1.61. The van der Waals surface area contributed by atoms with Crippen LogP contribution in [0, 0.1) is 0 Å². The van der Waals surface area contributed by atoms with Gasteiger partial charge in [0.2, 0.25) is 0 Å². The van der Waals surface area contributed by atoms with Gasteiger partial charge in [-0.25, -0.2) is 0 Å². The van der Waals surface area contributed by atoms with Crippen molar-refractivity contribution in [1.29, 1.82) is 0 Å². The van der Waals surface area contributed by atoms with E-state index in [1.165, 1.54) is 10.4 Å². The zero-order chi connectivity index (χ0) is 13.7. The summed E-state index contributed by atoms with van der Waals surface area (Å²) in [4.78, 5) is 1.22. The van der Waals surface area contributed by atoms with Crippen molar-refractivity contribution in [3.63, 3.8) is 0 Å². The maximum Gasteiger partial charge on any atom is 0.122 e. The van der Waals surface area contributed by atoms with Crippen molar-refractivity contribution < 1.29 is 4.74 Å². The summed E-state index contributed by atoms with van der Waals surface area (Å²) in [6.45, 7) is 5.82. The summed E-state index contributed by atoms with van der Waals surface area (Å²) in [6, 6.07) is 10.9. The van der Waals surface area contributed by atoms with Crippen molar-refractivity contribution in [3.8, 4) is 5.75 Å². The number of hydrogen-bond donors (Lipinski definition) is 1. The van der Waals surface area contributed by atoms with E-state index in [0.717, 1.165) is 16.8 Å². The van der Waals surface area contributed by atoms with Gasteiger partial charge in [-0.05, 0) is 39.7 Å². The van der Waals surface area contributed by atoms with Gasteiger partial charge in [0.05, 0.1) is 0 Å². The third-order valence-electron chi connectivity index (χ3n) is 2.64. The van der Waals surface area contributed by atoms with Crippen LogP contribution in [0.2, 0.25) is 0 Å². The van der Waals surface area contributed by atoms with E-state index < -0.39 is 0 Å². The van der Waals surface area contributed by atoms with E-state index in [1.807, 2.05) is 12.1 Å². The summed E-state index contributed by atoms with van der Waals surface area (Å²) in [5.74, 6) is 0.915. The summed E-state index contributed by atoms with van der Waals surface area (Å²) < 4.78 is 6.87. The Hall–Kier alpha value is -0.840. The van der Waals surface area contributed by atoms with Crippen LogP contribution in [0.4, 0.5) is 0 Å². The van der Waals surface area contributed by atoms with E-state index in [-0.39, 0.29) is 0 Å². The molecule has 0 saturated carbocycles. The minimum Gasteiger partial charge on any atom is -0.488 e. The van der Waals surface area contributed by atoms with Crippen LogP contribution >= 0.6 is 27.3 Å². The van der Waals surface area contributed by atoms with Gasteiger partial charge < -0.3 is 10.1 Å². The minimum absolute atomic E-state index is 0.508. The Morgan fingerprint density at radius 3 is 2.58 bits per heavy atom. The predicted molar refractivity (Wildman–Crippen MR) is 84.8 cm³/mol. The molecule has 2 rings (SSSR count). The molecule has 0 aliphatic carbocycles. The van der Waals surface area contributed by atoms with Gasteiger partial charge in [-0.1, -0.05) is 26.0 Å². The summed E-state index contributed by atoms with van der Waals surface area (Å²) in [6.07, 6.45) is 0. The second kappa shape index (κ2) is 7.08. The molecule has 1 aromatic heterocycles. The minimum atomic E-state index is 0.508. The van der Waals surface area contributed by atoms with E-state index in [0.29, 0.717) is 12.6 Å². The summed E-state index contributed by atoms with van der Waals surface area (Å²) in [5, 5.41) is 5.47. The molecule has 0 amide bonds. The number of thiophene rings is 1. The summed E-state index contributed by atoms with van der Waals surface area (Å²) in [5.41, 5.74) is 1.28. The van der Waals surface area contributed by atoms with Gasteiger partial charge in [0.25, 0.3) is 0 Å². The zero-order valence-corrected chi connectivity index (χ0v) is 13.6. The monoisotopic (exact) mass is 339 g/mol. The molecule has 1 aromatic carbocycles. The number of hydrogen-bond acceptors (Lipinski definition) is 3. The van der Waals surface area contributed by atoms with Gasteiger partial charge in [0, 0.05) is 27.3 Å². The highest BCUT2D eigenvalue weighted by Gasteiger charge is 2.00. The fourth-order valence-corrected chi connectivity index (χ4v) is 2.97. The van der Waals surface area contributed by atoms with Gasteiger partial charge in [-0.2, -0.15) is 0 Å². The van der Waals surface area contributed by atoms with Crippen LogP contribution in [0.25, 0.3) is 0 Å². The molecule has 1 heterocycles. The highest BCUT2D eigenvalue weighted by Crippen LogP contribution is 2.21. The average Bonchev–Trinajstić information content (AvgIpc) is 2.81. The maximum absolute atomic E-state index is 5.76. The molecular formula is C15H18BrNOS. The number of rotatable bonds is 6. The highest BCUT2D eigenvalue weighted by atomic mass is 79.9. The van der Waals surface area contributed by atoms with Gasteiger partial charge in [-0.15, -0.1) is 11.3 Å². The van der Waals surface area contributed by atoms with Crippen molar-refractivity contribution >= 4 is 27.3 Å². The van der Waals surface area contributed by atoms with E-state index in [1.54, 1.807) is 11.3 Å². The maximum atomic E-state index is 5.76. The second-order valence-electron chi connectivity index (χ2n) is 4.70. The van der Waals surface area contributed by atoms with Crippen LogP contribution in [0.15, 0.2) is 40.2 Å². The standard InChI is InChI=1S/C15H18BrNOS/c1-11(2)17-8-12-3-5-14(6-4-12)18-9-15-7-13(16)10-19-15/h3-7,10-11,17H,8-9H2,1-2H3. The lowest BCUT2D eigenvalue weighted by atomic mass is 10.2. The Bertz CT molecular complexity index is 507. The van der Waals surface area contributed by atoms with Gasteiger partial charge in [0.1, 0.15) is 12.4 Å². The van der Waals surface area contributed by atoms with Crippen LogP contribution in [0.5, 0.6) is 5.75 Å². The lowest BCUT2D eigenvalue weighted by molar-refractivity contribution is 0.309. The Morgan fingerprint density at radius 1 is 1.26 bits per heavy atom. The molecule has 2 aromatic rings. The van der Waals surface area contributed by atoms with Crippen LogP contribution in [-0.2, 0) is 13.2 Å². The second-order valence-corrected chi connectivity index (χ2v) is 6.61. The number of benzene rings is 1. The van der Waals surface area contributed by atoms with Crippen LogP contribution in [-0.4, -0.2) is 6.04 Å². The van der Waals surface area contributed by atoms with Gasteiger partial charge in [-0.3, -0.25) is 0 Å². The third-order valence-corrected chi connectivity index (χ3v) is 4.31. The SMILES string of the molecule is CC(C)NCc1ccc(OCc2cc(Br)cs2)cc1. The summed E-state index contributed by atoms with van der Waals surface area (Å²) >= 11 is 5.15. The lowest BCUT2D eigenvalue weighted by Crippen LogP contribution is -2.21. The van der Waals surface area contributed by atoms with E-state index in [4.69, 9.17) is 4.74 Å². The molecule has 102 valence electrons. The molecule has 0 saturated heterocycles. The molecular weight excluding hydrogens is 322 g/mol. The third kappa shape index (κ3) is 4.97. The molecule has 1 N–H and O–H groups in total. The van der Waals surface area contributed by atoms with Gasteiger partial charge >= 0.3 is 0 Å². The smallest absolute Gasteiger partial charge is 0.122 e. The molecule has 0 spiro atoms. The van der Waals surface area contributed by atoms with Crippen molar-refractivity contribution in [2.45, 2.75) is 33.0 Å². The first kappa shape index (κ1) is 14.6. The normalized spacial score (nSPS) is 10.9. The highest BCUT2D eigenvalue weighted by molar-refractivity contribution is 9.10. The van der Waals surface area contributed by atoms with Crippen molar-refractivity contribution in [2.75, 3.05) is 0 Å². The van der Waals surface area contributed by atoms with Crippen molar-refractivity contribution in [3.05, 3.63) is 50.6 Å². The number of ether oxygens (including phenoxy) is 1. The largest absolute Gasteiger partial charge is 0.488 e. The first-order valence-corrected chi connectivity index (χ1v) is 7.99. The topological polar surface area (TPSA) is 21.3 Å². The molecule has 0 atom stereocenters. The van der Waals surface area contributed by atoms with Crippen molar-refractivity contribution in [1.82, 2.24) is 5.32 Å². The van der Waals surface area contributed by atoms with Crippen molar-refractivity contribution in [2.24, 2.45) is 0 Å². The number of halogens is 1. The Kier molecular flexibility index (Phi) is 5.43. The molecule has 19 heavy (non-hydrogen) atoms. The molecule has 0 aliphatic heterocycles. The van der Waals surface area contributed by atoms with Gasteiger partial charge in [0.15, 0.2) is 0 Å². The summed E-state index contributed by atoms with van der Waals surface area (Å²) in [7, 11) is 0. The fraction of sp³-hybridized carbons (Fsp3) is 0.333. The first-order valence-electron chi connectivity index (χ1n) is 6.31. The Labute approximate surface area is 126 Å². The Morgan fingerprint density at radius 2 is 2.00 bits per heavy atom. The molecule has 0 bridgehead atoms. The Balaban J connectivity index is 1.84. The lowest BCUT2D eigenvalue weighted by Gasteiger charge is -2.09. The van der Waals surface area contributed by atoms with Crippen LogP contribution in [0.3, 0.4) is 0 Å². The molecule has 0 radical (unpaired) electrons. The molecule has 0 aliphatic rings. The predicted octanol–water partition coefficient (Wildman–Crippen LogP) is 4.59. The van der Waals surface area contributed by atoms with E-state index >= 15 is 0 Å². The van der Waals surface area contributed by atoms with Crippen LogP contribution in [0.1, 0.15) is 24.3 Å². The molecule has 0 unspecified atom stereocenters. The number of nitrogens with one attached hydrogen (secondary N) is 1. The van der Waals surface area contributed by atoms with E-state index in [2.05, 4.69) is 58.7 Å². The molecule has 4 heteroatoms. The average molecular weight is 340 g/mol. The molecule has 2 nitrogen and oxygen atoms in total. The molecule has 0 fully saturated rings. The van der Waals surface area contributed by atoms with E-state index in [9.17, 15) is 0 Å².